The molecule has 17 heavy (non-hydrogen) atoms. The molecule has 0 saturated carbocycles. The first kappa shape index (κ1) is 14.2. The summed E-state index contributed by atoms with van der Waals surface area (Å²) < 4.78 is 0. The van der Waals surface area contributed by atoms with Crippen molar-refractivity contribution in [3.05, 3.63) is 0 Å². The van der Waals surface area contributed by atoms with Crippen LogP contribution in [-0.4, -0.2) is 40.5 Å². The summed E-state index contributed by atoms with van der Waals surface area (Å²) in [6.45, 7) is 4.08. The molecule has 1 saturated heterocycles. The highest BCUT2D eigenvalue weighted by Crippen LogP contribution is 2.23. The third-order valence-electron chi connectivity index (χ3n) is 3.23. The van der Waals surface area contributed by atoms with Gasteiger partial charge in [0.1, 0.15) is 5.78 Å². The molecule has 4 nitrogen and oxygen atoms in total. The first-order chi connectivity index (χ1) is 8.01. The lowest BCUT2D eigenvalue weighted by Crippen LogP contribution is -2.33. The Morgan fingerprint density at radius 2 is 2.18 bits per heavy atom. The van der Waals surface area contributed by atoms with Crippen LogP contribution in [0.5, 0.6) is 0 Å². The molecule has 1 fully saturated rings. The number of thioether (sulfide) groups is 1. The molecule has 1 rings (SSSR count). The van der Waals surface area contributed by atoms with Crippen LogP contribution in [0.15, 0.2) is 0 Å². The van der Waals surface area contributed by atoms with Crippen molar-refractivity contribution in [3.63, 3.8) is 0 Å². The van der Waals surface area contributed by atoms with Crippen LogP contribution in [-0.2, 0) is 14.4 Å². The van der Waals surface area contributed by atoms with E-state index in [0.717, 1.165) is 6.42 Å². The van der Waals surface area contributed by atoms with Crippen LogP contribution in [0.25, 0.3) is 0 Å². The lowest BCUT2D eigenvalue weighted by Gasteiger charge is -2.15. The molecule has 1 aliphatic heterocycles. The van der Waals surface area contributed by atoms with E-state index in [0.29, 0.717) is 0 Å². The van der Waals surface area contributed by atoms with E-state index in [1.54, 1.807) is 0 Å². The van der Waals surface area contributed by atoms with Gasteiger partial charge in [-0.2, -0.15) is 11.8 Å². The fraction of sp³-hybridized carbons (Fsp3) is 0.750. The molecule has 0 aromatic heterocycles. The molecule has 0 radical (unpaired) electrons. The Hall–Kier alpha value is -0.840. The summed E-state index contributed by atoms with van der Waals surface area (Å²) in [4.78, 5) is 36.2. The number of ketones is 1. The summed E-state index contributed by atoms with van der Waals surface area (Å²) >= 11 is 1.40. The van der Waals surface area contributed by atoms with Gasteiger partial charge in [-0.05, 0) is 12.7 Å². The minimum absolute atomic E-state index is 0.0131. The molecule has 0 spiro atoms. The average molecular weight is 257 g/mol. The lowest BCUT2D eigenvalue weighted by atomic mass is 10.0. The predicted molar refractivity (Wildman–Crippen MR) is 67.7 cm³/mol. The Bertz CT molecular complexity index is 330. The Morgan fingerprint density at radius 1 is 1.53 bits per heavy atom. The number of hydrogen-bond acceptors (Lipinski definition) is 4. The molecule has 0 aliphatic carbocycles. The zero-order valence-electron chi connectivity index (χ0n) is 10.6. The van der Waals surface area contributed by atoms with Gasteiger partial charge in [0.15, 0.2) is 0 Å². The summed E-state index contributed by atoms with van der Waals surface area (Å²) in [7, 11) is 0. The molecule has 0 bridgehead atoms. The van der Waals surface area contributed by atoms with Crippen molar-refractivity contribution < 1.29 is 14.4 Å². The molecular formula is C12H19NO3S. The number of Topliss-reactive ketones (excluding diaryl/α,β-unsaturated/α-hetero) is 1. The minimum atomic E-state index is -0.249. The first-order valence-corrected chi connectivity index (χ1v) is 7.19. The van der Waals surface area contributed by atoms with Crippen LogP contribution < -0.4 is 0 Å². The molecule has 96 valence electrons. The van der Waals surface area contributed by atoms with Crippen molar-refractivity contribution in [2.75, 3.05) is 12.8 Å². The van der Waals surface area contributed by atoms with E-state index in [1.165, 1.54) is 16.7 Å². The highest BCUT2D eigenvalue weighted by molar-refractivity contribution is 8.00. The fourth-order valence-corrected chi connectivity index (χ4v) is 2.41. The van der Waals surface area contributed by atoms with Crippen molar-refractivity contribution in [3.8, 4) is 0 Å². The van der Waals surface area contributed by atoms with Crippen LogP contribution in [0.2, 0.25) is 0 Å². The number of hydrogen-bond donors (Lipinski definition) is 0. The van der Waals surface area contributed by atoms with Gasteiger partial charge in [0, 0.05) is 25.3 Å². The van der Waals surface area contributed by atoms with Crippen molar-refractivity contribution >= 4 is 29.4 Å². The van der Waals surface area contributed by atoms with E-state index in [-0.39, 0.29) is 48.2 Å². The second-order valence-corrected chi connectivity index (χ2v) is 5.38. The van der Waals surface area contributed by atoms with Gasteiger partial charge >= 0.3 is 0 Å². The molecule has 1 heterocycles. The maximum Gasteiger partial charge on any atom is 0.242 e. The predicted octanol–water partition coefficient (Wildman–Crippen LogP) is 1.48. The SMILES string of the molecule is CCC(C)C(=O)CCN1C(=O)CC(SC)C1=O. The average Bonchev–Trinajstić information content (AvgIpc) is 2.60. The summed E-state index contributed by atoms with van der Waals surface area (Å²) in [5, 5.41) is -0.249. The first-order valence-electron chi connectivity index (χ1n) is 5.91. The number of carbonyl (C=O) groups excluding carboxylic acids is 3. The van der Waals surface area contributed by atoms with Gasteiger partial charge in [-0.15, -0.1) is 0 Å². The summed E-state index contributed by atoms with van der Waals surface area (Å²) in [5.41, 5.74) is 0. The molecule has 2 amide bonds. The molecule has 0 aromatic rings. The minimum Gasteiger partial charge on any atom is -0.299 e. The zero-order valence-corrected chi connectivity index (χ0v) is 11.4. The second kappa shape index (κ2) is 6.19. The molecule has 0 N–H and O–H groups in total. The lowest BCUT2D eigenvalue weighted by molar-refractivity contribution is -0.138. The van der Waals surface area contributed by atoms with Crippen molar-refractivity contribution in [2.24, 2.45) is 5.92 Å². The molecular weight excluding hydrogens is 238 g/mol. The highest BCUT2D eigenvalue weighted by Gasteiger charge is 2.37. The van der Waals surface area contributed by atoms with Crippen LogP contribution in [0, 0.1) is 5.92 Å². The van der Waals surface area contributed by atoms with E-state index in [1.807, 2.05) is 20.1 Å². The topological polar surface area (TPSA) is 54.5 Å². The van der Waals surface area contributed by atoms with Gasteiger partial charge in [0.2, 0.25) is 11.8 Å². The highest BCUT2D eigenvalue weighted by atomic mass is 32.2. The number of imide groups is 1. The van der Waals surface area contributed by atoms with E-state index in [9.17, 15) is 14.4 Å². The van der Waals surface area contributed by atoms with E-state index in [2.05, 4.69) is 0 Å². The fourth-order valence-electron chi connectivity index (χ4n) is 1.77. The molecule has 2 unspecified atom stereocenters. The number of nitrogens with zero attached hydrogens (tertiary/aromatic N) is 1. The Balaban J connectivity index is 2.50. The quantitative estimate of drug-likeness (QED) is 0.676. The van der Waals surface area contributed by atoms with Crippen LogP contribution >= 0.6 is 11.8 Å². The normalized spacial score (nSPS) is 22.1. The van der Waals surface area contributed by atoms with Crippen LogP contribution in [0.4, 0.5) is 0 Å². The maximum absolute atomic E-state index is 11.8. The number of likely N-dealkylation sites (tertiary alicyclic amines) is 1. The van der Waals surface area contributed by atoms with Crippen molar-refractivity contribution in [1.29, 1.82) is 0 Å². The standard InChI is InChI=1S/C12H19NO3S/c1-4-8(2)9(14)5-6-13-11(15)7-10(17-3)12(13)16/h8,10H,4-7H2,1-3H3. The molecule has 1 aliphatic rings. The van der Waals surface area contributed by atoms with E-state index in [4.69, 9.17) is 0 Å². The largest absolute Gasteiger partial charge is 0.299 e. The van der Waals surface area contributed by atoms with Gasteiger partial charge in [0.05, 0.1) is 5.25 Å². The Labute approximate surface area is 106 Å². The molecule has 0 aromatic carbocycles. The number of amides is 2. The summed E-state index contributed by atoms with van der Waals surface area (Å²) in [6, 6.07) is 0. The van der Waals surface area contributed by atoms with Gasteiger partial charge in [-0.1, -0.05) is 13.8 Å². The summed E-state index contributed by atoms with van der Waals surface area (Å²) in [5.74, 6) is -0.148. The van der Waals surface area contributed by atoms with Crippen molar-refractivity contribution in [2.45, 2.75) is 38.4 Å². The third-order valence-corrected chi connectivity index (χ3v) is 4.17. The van der Waals surface area contributed by atoms with E-state index < -0.39 is 0 Å². The maximum atomic E-state index is 11.8. The summed E-state index contributed by atoms with van der Waals surface area (Å²) in [6.07, 6.45) is 3.18. The Morgan fingerprint density at radius 3 is 2.65 bits per heavy atom. The van der Waals surface area contributed by atoms with Crippen LogP contribution in [0.3, 0.4) is 0 Å². The van der Waals surface area contributed by atoms with Crippen molar-refractivity contribution in [1.82, 2.24) is 4.90 Å². The van der Waals surface area contributed by atoms with Crippen LogP contribution in [0.1, 0.15) is 33.1 Å². The van der Waals surface area contributed by atoms with Gasteiger partial charge in [-0.25, -0.2) is 0 Å². The monoisotopic (exact) mass is 257 g/mol. The number of carbonyl (C=O) groups is 3. The van der Waals surface area contributed by atoms with Gasteiger partial charge in [0.25, 0.3) is 0 Å². The zero-order chi connectivity index (χ0) is 13.0. The van der Waals surface area contributed by atoms with E-state index >= 15 is 0 Å². The van der Waals surface area contributed by atoms with Gasteiger partial charge in [-0.3, -0.25) is 19.3 Å². The third kappa shape index (κ3) is 3.31. The smallest absolute Gasteiger partial charge is 0.242 e. The second-order valence-electron chi connectivity index (χ2n) is 4.34. The van der Waals surface area contributed by atoms with Gasteiger partial charge < -0.3 is 0 Å². The Kier molecular flexibility index (Phi) is 5.18. The molecule has 5 heteroatoms. The molecule has 2 atom stereocenters. The number of rotatable bonds is 6.